The smallest absolute Gasteiger partial charge is 0.325 e. The second-order valence-electron chi connectivity index (χ2n) is 8.20. The minimum atomic E-state index is -1.37. The summed E-state index contributed by atoms with van der Waals surface area (Å²) >= 11 is 9.25. The number of thiazole rings is 1. The molecule has 0 saturated carbocycles. The van der Waals surface area contributed by atoms with Gasteiger partial charge in [-0.25, -0.2) is 9.67 Å². The van der Waals surface area contributed by atoms with E-state index < -0.39 is 47.1 Å². The number of carbonyl (C=O) groups excluding carboxylic acids is 2. The Morgan fingerprint density at radius 3 is 2.82 bits per heavy atom. The maximum Gasteiger partial charge on any atom is 0.325 e. The van der Waals surface area contributed by atoms with Gasteiger partial charge in [-0.2, -0.15) is 0 Å². The van der Waals surface area contributed by atoms with Gasteiger partial charge in [-0.3, -0.25) is 19.2 Å². The van der Waals surface area contributed by atoms with Crippen molar-refractivity contribution in [2.24, 2.45) is 10.6 Å². The number of hydrogen-bond donors (Lipinski definition) is 4. The molecule has 20 heteroatoms. The molecule has 2 aromatic heterocycles. The number of anilines is 1. The molecule has 2 aliphatic heterocycles. The molecular formula is C19H20ClN9O7S3. The number of rotatable bonds is 12. The Hall–Kier alpha value is -3.42. The Kier molecular flexibility index (Phi) is 8.62. The Labute approximate surface area is 237 Å². The van der Waals surface area contributed by atoms with Gasteiger partial charge in [-0.05, 0) is 10.4 Å². The van der Waals surface area contributed by atoms with Crippen LogP contribution in [0.4, 0.5) is 5.13 Å². The van der Waals surface area contributed by atoms with Crippen molar-refractivity contribution in [2.45, 2.75) is 23.1 Å². The third-order valence-electron chi connectivity index (χ3n) is 5.54. The molecule has 0 spiro atoms. The molecule has 0 bridgehead atoms. The number of fused-ring (bicyclic) bond motifs is 1. The van der Waals surface area contributed by atoms with Crippen LogP contribution in [0, 0.1) is 5.41 Å². The van der Waals surface area contributed by atoms with Crippen LogP contribution >= 0.6 is 46.5 Å². The molecule has 0 aromatic carbocycles. The van der Waals surface area contributed by atoms with Crippen molar-refractivity contribution in [1.29, 1.82) is 0 Å². The van der Waals surface area contributed by atoms with Gasteiger partial charge in [0.2, 0.25) is 11.1 Å². The molecule has 4 rings (SSSR count). The lowest BCUT2D eigenvalue weighted by atomic mass is 9.89. The van der Waals surface area contributed by atoms with E-state index in [1.54, 1.807) is 0 Å². The van der Waals surface area contributed by atoms with Gasteiger partial charge >= 0.3 is 11.9 Å². The average Bonchev–Trinajstić information content (AvgIpc) is 3.47. The number of nitrogens with two attached hydrogens (primary N) is 1. The molecule has 5 N–H and O–H groups in total. The Morgan fingerprint density at radius 1 is 1.41 bits per heavy atom. The van der Waals surface area contributed by atoms with E-state index in [9.17, 15) is 24.3 Å². The van der Waals surface area contributed by atoms with E-state index in [0.29, 0.717) is 0 Å². The second kappa shape index (κ2) is 11.8. The number of carboxylic acids is 2. The van der Waals surface area contributed by atoms with E-state index in [1.165, 1.54) is 22.7 Å². The Morgan fingerprint density at radius 2 is 2.18 bits per heavy atom. The van der Waals surface area contributed by atoms with Crippen molar-refractivity contribution in [3.63, 3.8) is 0 Å². The number of carboxylic acid groups (broad SMARTS) is 2. The summed E-state index contributed by atoms with van der Waals surface area (Å²) in [5.74, 6) is -3.47. The number of hydrogen-bond acceptors (Lipinski definition) is 14. The van der Waals surface area contributed by atoms with Gasteiger partial charge in [-0.1, -0.05) is 52.5 Å². The van der Waals surface area contributed by atoms with Crippen LogP contribution in [0.25, 0.3) is 0 Å². The zero-order valence-electron chi connectivity index (χ0n) is 19.7. The van der Waals surface area contributed by atoms with Crippen LogP contribution in [0.1, 0.15) is 5.69 Å². The van der Waals surface area contributed by atoms with Gasteiger partial charge < -0.3 is 31.0 Å². The highest BCUT2D eigenvalue weighted by atomic mass is 35.5. The average molecular weight is 618 g/mol. The summed E-state index contributed by atoms with van der Waals surface area (Å²) in [4.78, 5) is 59.8. The second-order valence-corrected chi connectivity index (χ2v) is 11.9. The summed E-state index contributed by atoms with van der Waals surface area (Å²) in [6.45, 7) is 2.89. The number of amides is 2. The molecule has 39 heavy (non-hydrogen) atoms. The van der Waals surface area contributed by atoms with Gasteiger partial charge in [0.15, 0.2) is 10.8 Å². The summed E-state index contributed by atoms with van der Waals surface area (Å²) in [5, 5.41) is 35.9. The van der Waals surface area contributed by atoms with Crippen LogP contribution in [-0.2, 0) is 30.6 Å². The van der Waals surface area contributed by atoms with Crippen LogP contribution < -0.4 is 11.1 Å². The number of halogens is 1. The number of β-lactam (4-membered cyclic amide) rings is 1. The van der Waals surface area contributed by atoms with Gasteiger partial charge in [0.05, 0.1) is 0 Å². The summed E-state index contributed by atoms with van der Waals surface area (Å²) in [6, 6.07) is -0.954. The highest BCUT2D eigenvalue weighted by Gasteiger charge is 2.57. The summed E-state index contributed by atoms with van der Waals surface area (Å²) in [7, 11) is 0. The molecule has 208 valence electrons. The maximum absolute atomic E-state index is 13.1. The number of nitrogens with one attached hydrogen (secondary N) is 1. The van der Waals surface area contributed by atoms with Gasteiger partial charge in [0.25, 0.3) is 5.91 Å². The molecule has 2 amide bonds. The van der Waals surface area contributed by atoms with Gasteiger partial charge in [-0.15, -0.1) is 16.9 Å². The number of tetrazole rings is 1. The highest BCUT2D eigenvalue weighted by molar-refractivity contribution is 8.00. The fraction of sp³-hybridized carbons (Fsp3) is 0.421. The number of aromatic nitrogens is 5. The minimum Gasteiger partial charge on any atom is -0.481 e. The zero-order chi connectivity index (χ0) is 28.3. The van der Waals surface area contributed by atoms with Crippen molar-refractivity contribution < 1.29 is 34.2 Å². The molecule has 2 fully saturated rings. The topological polar surface area (TPSA) is 228 Å². The number of nitrogen functional groups attached to an aromatic ring is 1. The number of oxime groups is 1. The normalized spacial score (nSPS) is 22.5. The standard InChI is InChI=1S/C19H20ClN9O7S3/c1-2-3-36-25-10(9-12(20)39-17(21)23-9)13(32)22-11-14(33)28-5-19(16(34)35,6-37-15(11)28)7-38-18-24-26-27-29(18)4-8(30)31/h2,11,15H,1,3-7H2,(H2,21,23)(H,22,32)(H,30,31)(H,34,35)/t11?,15-,19?/m1/s1. The van der Waals surface area contributed by atoms with Crippen LogP contribution in [0.2, 0.25) is 4.34 Å². The fourth-order valence-electron chi connectivity index (χ4n) is 3.66. The maximum atomic E-state index is 13.1. The molecule has 16 nitrogen and oxygen atoms in total. The molecule has 0 radical (unpaired) electrons. The Bertz CT molecular complexity index is 1350. The molecule has 2 unspecified atom stereocenters. The van der Waals surface area contributed by atoms with E-state index in [4.69, 9.17) is 27.3 Å². The zero-order valence-corrected chi connectivity index (χ0v) is 22.9. The molecule has 4 heterocycles. The first-order chi connectivity index (χ1) is 18.6. The number of nitrogens with zero attached hydrogens (tertiary/aromatic N) is 7. The van der Waals surface area contributed by atoms with Crippen LogP contribution in [0.3, 0.4) is 0 Å². The van der Waals surface area contributed by atoms with Crippen molar-refractivity contribution in [3.8, 4) is 0 Å². The molecule has 3 atom stereocenters. The molecule has 2 saturated heterocycles. The fourth-order valence-corrected chi connectivity index (χ4v) is 7.32. The van der Waals surface area contributed by atoms with E-state index in [2.05, 4.69) is 37.6 Å². The predicted molar refractivity (Wildman–Crippen MR) is 140 cm³/mol. The van der Waals surface area contributed by atoms with Crippen LogP contribution in [0.15, 0.2) is 23.0 Å². The molecule has 2 aromatic rings. The van der Waals surface area contributed by atoms with Gasteiger partial charge in [0, 0.05) is 18.1 Å². The van der Waals surface area contributed by atoms with Crippen molar-refractivity contribution in [1.82, 2.24) is 35.4 Å². The predicted octanol–water partition coefficient (Wildman–Crippen LogP) is -0.380. The lowest BCUT2D eigenvalue weighted by molar-refractivity contribution is -0.157. The first-order valence-electron chi connectivity index (χ1n) is 10.9. The third-order valence-corrected chi connectivity index (χ3v) is 9.46. The summed E-state index contributed by atoms with van der Waals surface area (Å²) < 4.78 is 1.15. The first-order valence-corrected chi connectivity index (χ1v) is 14.1. The minimum absolute atomic E-state index is 0.000588. The largest absolute Gasteiger partial charge is 0.481 e. The highest BCUT2D eigenvalue weighted by Crippen LogP contribution is 2.44. The first kappa shape index (κ1) is 28.6. The van der Waals surface area contributed by atoms with E-state index in [1.807, 2.05) is 0 Å². The molecule has 2 aliphatic rings. The van der Waals surface area contributed by atoms with Crippen molar-refractivity contribution in [2.75, 3.05) is 30.4 Å². The van der Waals surface area contributed by atoms with E-state index in [0.717, 1.165) is 27.8 Å². The van der Waals surface area contributed by atoms with Crippen LogP contribution in [-0.4, -0.2) is 106 Å². The Balaban J connectivity index is 1.44. The number of thioether (sulfide) groups is 2. The quantitative estimate of drug-likeness (QED) is 0.0594. The number of carbonyl (C=O) groups is 4. The molecular weight excluding hydrogens is 598 g/mol. The summed E-state index contributed by atoms with van der Waals surface area (Å²) in [6.07, 6.45) is 1.42. The van der Waals surface area contributed by atoms with Crippen molar-refractivity contribution in [3.05, 3.63) is 22.7 Å². The lowest BCUT2D eigenvalue weighted by Crippen LogP contribution is -2.74. The number of aliphatic carboxylic acids is 2. The van der Waals surface area contributed by atoms with Crippen molar-refractivity contribution >= 4 is 81.1 Å². The lowest BCUT2D eigenvalue weighted by Gasteiger charge is -2.53. The van der Waals surface area contributed by atoms with E-state index >= 15 is 0 Å². The molecule has 0 aliphatic carbocycles. The summed E-state index contributed by atoms with van der Waals surface area (Å²) in [5.41, 5.74) is 4.03. The SMILES string of the molecule is C=CCON=C(C(=O)NC1C(=O)N2CC(CSc3nnnn3CC(=O)O)(C(=O)O)CS[C@H]12)c1nc(N)sc1Cl. The third kappa shape index (κ3) is 5.94. The van der Waals surface area contributed by atoms with Crippen LogP contribution in [0.5, 0.6) is 0 Å². The van der Waals surface area contributed by atoms with Gasteiger partial charge in [0.1, 0.15) is 40.0 Å². The monoisotopic (exact) mass is 617 g/mol. The van der Waals surface area contributed by atoms with E-state index in [-0.39, 0.29) is 50.7 Å².